The van der Waals surface area contributed by atoms with Crippen LogP contribution in [0.4, 0.5) is 4.39 Å². The van der Waals surface area contributed by atoms with Gasteiger partial charge in [-0.1, -0.05) is 18.2 Å². The van der Waals surface area contributed by atoms with Gasteiger partial charge in [-0.25, -0.2) is 4.39 Å². The van der Waals surface area contributed by atoms with Crippen LogP contribution in [0.2, 0.25) is 0 Å². The quantitative estimate of drug-likeness (QED) is 0.820. The number of benzene rings is 1. The number of amides is 1. The summed E-state index contributed by atoms with van der Waals surface area (Å²) in [6.07, 6.45) is 2.44. The zero-order valence-corrected chi connectivity index (χ0v) is 11.1. The zero-order valence-electron chi connectivity index (χ0n) is 11.1. The second-order valence-corrected chi connectivity index (χ2v) is 4.34. The molecule has 20 heavy (non-hydrogen) atoms. The molecule has 1 N–H and O–H groups in total. The van der Waals surface area contributed by atoms with E-state index >= 15 is 0 Å². The van der Waals surface area contributed by atoms with Gasteiger partial charge in [0, 0.05) is 19.4 Å². The molecule has 0 saturated heterocycles. The van der Waals surface area contributed by atoms with E-state index in [-0.39, 0.29) is 11.7 Å². The average Bonchev–Trinajstić information content (AvgIpc) is 2.92. The van der Waals surface area contributed by atoms with Gasteiger partial charge in [0.2, 0.25) is 5.91 Å². The topological polar surface area (TPSA) is 42.2 Å². The van der Waals surface area contributed by atoms with Gasteiger partial charge >= 0.3 is 0 Å². The fourth-order valence-corrected chi connectivity index (χ4v) is 1.83. The van der Waals surface area contributed by atoms with E-state index < -0.39 is 0 Å². The monoisotopic (exact) mass is 273 g/mol. The third kappa shape index (κ3) is 3.57. The maximum absolute atomic E-state index is 13.6. The molecule has 2 aromatic rings. The molecule has 1 heterocycles. The van der Waals surface area contributed by atoms with Crippen molar-refractivity contribution in [3.63, 3.8) is 0 Å². The smallest absolute Gasteiger partial charge is 0.220 e. The van der Waals surface area contributed by atoms with Gasteiger partial charge in [0.15, 0.2) is 0 Å². The van der Waals surface area contributed by atoms with Crippen molar-refractivity contribution in [3.05, 3.63) is 60.6 Å². The van der Waals surface area contributed by atoms with Crippen LogP contribution >= 0.6 is 0 Å². The Balaban J connectivity index is 1.98. The van der Waals surface area contributed by atoms with Crippen molar-refractivity contribution in [2.24, 2.45) is 0 Å². The normalized spacial score (nSPS) is 10.2. The Hall–Kier alpha value is -2.36. The molecule has 0 radical (unpaired) electrons. The summed E-state index contributed by atoms with van der Waals surface area (Å²) in [7, 11) is 0. The van der Waals surface area contributed by atoms with Gasteiger partial charge in [0.05, 0.1) is 5.56 Å². The first kappa shape index (κ1) is 14.1. The predicted octanol–water partition coefficient (Wildman–Crippen LogP) is 3.32. The van der Waals surface area contributed by atoms with Crippen molar-refractivity contribution >= 4 is 5.91 Å². The van der Waals surface area contributed by atoms with E-state index in [2.05, 4.69) is 11.9 Å². The fourth-order valence-electron chi connectivity index (χ4n) is 1.83. The number of aryl methyl sites for hydroxylation is 1. The molecule has 1 amide bonds. The third-order valence-corrected chi connectivity index (χ3v) is 2.84. The highest BCUT2D eigenvalue weighted by Gasteiger charge is 2.10. The van der Waals surface area contributed by atoms with Crippen LogP contribution in [0.15, 0.2) is 53.5 Å². The second kappa shape index (κ2) is 6.70. The Kier molecular flexibility index (Phi) is 4.71. The molecule has 104 valence electrons. The number of furan rings is 1. The van der Waals surface area contributed by atoms with Gasteiger partial charge in [-0.05, 0) is 24.3 Å². The lowest BCUT2D eigenvalue weighted by Crippen LogP contribution is -2.23. The summed E-state index contributed by atoms with van der Waals surface area (Å²) < 4.78 is 19.2. The molecule has 4 heteroatoms. The molecule has 1 aromatic heterocycles. The molecular formula is C16H16FNO2. The van der Waals surface area contributed by atoms with E-state index in [1.165, 1.54) is 6.07 Å². The summed E-state index contributed by atoms with van der Waals surface area (Å²) in [5.41, 5.74) is 0.426. The van der Waals surface area contributed by atoms with Crippen molar-refractivity contribution in [1.29, 1.82) is 0 Å². The average molecular weight is 273 g/mol. The van der Waals surface area contributed by atoms with E-state index in [1.807, 2.05) is 0 Å². The molecule has 0 saturated carbocycles. The van der Waals surface area contributed by atoms with Gasteiger partial charge in [-0.15, -0.1) is 6.58 Å². The predicted molar refractivity (Wildman–Crippen MR) is 75.6 cm³/mol. The lowest BCUT2D eigenvalue weighted by atomic mass is 10.1. The van der Waals surface area contributed by atoms with Gasteiger partial charge in [0.25, 0.3) is 0 Å². The molecular weight excluding hydrogens is 257 g/mol. The molecule has 0 aliphatic carbocycles. The number of hydrogen-bond acceptors (Lipinski definition) is 2. The Labute approximate surface area is 117 Å². The third-order valence-electron chi connectivity index (χ3n) is 2.84. The fraction of sp³-hybridized carbons (Fsp3) is 0.188. The standard InChI is InChI=1S/C16H16FNO2/c1-2-11-18-16(19)10-8-12-7-9-15(20-12)13-5-3-4-6-14(13)17/h2-7,9H,1,8,10-11H2,(H,18,19). The van der Waals surface area contributed by atoms with Crippen molar-refractivity contribution in [2.75, 3.05) is 6.54 Å². The van der Waals surface area contributed by atoms with E-state index in [0.717, 1.165) is 0 Å². The van der Waals surface area contributed by atoms with Gasteiger partial charge in [-0.2, -0.15) is 0 Å². The van der Waals surface area contributed by atoms with Crippen LogP contribution in [0.25, 0.3) is 11.3 Å². The van der Waals surface area contributed by atoms with Crippen molar-refractivity contribution in [1.82, 2.24) is 5.32 Å². The number of nitrogens with one attached hydrogen (secondary N) is 1. The van der Waals surface area contributed by atoms with Crippen LogP contribution in [-0.2, 0) is 11.2 Å². The van der Waals surface area contributed by atoms with Gasteiger partial charge in [0.1, 0.15) is 17.3 Å². The van der Waals surface area contributed by atoms with E-state index in [0.29, 0.717) is 36.5 Å². The van der Waals surface area contributed by atoms with Crippen LogP contribution in [0.5, 0.6) is 0 Å². The molecule has 0 fully saturated rings. The maximum Gasteiger partial charge on any atom is 0.220 e. The lowest BCUT2D eigenvalue weighted by Gasteiger charge is -2.01. The van der Waals surface area contributed by atoms with E-state index in [1.54, 1.807) is 36.4 Å². The summed E-state index contributed by atoms with van der Waals surface area (Å²) in [6.45, 7) is 3.98. The Morgan fingerprint density at radius 1 is 1.30 bits per heavy atom. The molecule has 0 bridgehead atoms. The molecule has 0 atom stereocenters. The van der Waals surface area contributed by atoms with Crippen LogP contribution < -0.4 is 5.32 Å². The summed E-state index contributed by atoms with van der Waals surface area (Å²) in [5.74, 6) is 0.757. The van der Waals surface area contributed by atoms with Crippen LogP contribution in [0, 0.1) is 5.82 Å². The van der Waals surface area contributed by atoms with Gasteiger partial charge in [-0.3, -0.25) is 4.79 Å². The lowest BCUT2D eigenvalue weighted by molar-refractivity contribution is -0.120. The molecule has 0 unspecified atom stereocenters. The van der Waals surface area contributed by atoms with Crippen molar-refractivity contribution in [3.8, 4) is 11.3 Å². The SMILES string of the molecule is C=CCNC(=O)CCc1ccc(-c2ccccc2F)o1. The van der Waals surface area contributed by atoms with Crippen LogP contribution in [0.3, 0.4) is 0 Å². The molecule has 0 aliphatic heterocycles. The van der Waals surface area contributed by atoms with Crippen molar-refractivity contribution in [2.45, 2.75) is 12.8 Å². The Morgan fingerprint density at radius 2 is 2.10 bits per heavy atom. The van der Waals surface area contributed by atoms with Crippen LogP contribution in [-0.4, -0.2) is 12.5 Å². The number of halogens is 1. The number of carbonyl (C=O) groups is 1. The highest BCUT2D eigenvalue weighted by atomic mass is 19.1. The Bertz CT molecular complexity index is 604. The number of hydrogen-bond donors (Lipinski definition) is 1. The first-order valence-electron chi connectivity index (χ1n) is 6.42. The van der Waals surface area contributed by atoms with E-state index in [9.17, 15) is 9.18 Å². The first-order chi connectivity index (χ1) is 9.70. The summed E-state index contributed by atoms with van der Waals surface area (Å²) in [6, 6.07) is 9.92. The molecule has 3 nitrogen and oxygen atoms in total. The second-order valence-electron chi connectivity index (χ2n) is 4.34. The zero-order chi connectivity index (χ0) is 14.4. The summed E-state index contributed by atoms with van der Waals surface area (Å²) in [4.78, 5) is 11.4. The first-order valence-corrected chi connectivity index (χ1v) is 6.42. The molecule has 0 aliphatic rings. The highest BCUT2D eigenvalue weighted by molar-refractivity contribution is 5.76. The minimum atomic E-state index is -0.322. The largest absolute Gasteiger partial charge is 0.461 e. The number of rotatable bonds is 6. The molecule has 0 spiro atoms. The highest BCUT2D eigenvalue weighted by Crippen LogP contribution is 2.25. The molecule has 1 aromatic carbocycles. The van der Waals surface area contributed by atoms with Gasteiger partial charge < -0.3 is 9.73 Å². The Morgan fingerprint density at radius 3 is 2.85 bits per heavy atom. The minimum Gasteiger partial charge on any atom is -0.461 e. The number of carbonyl (C=O) groups excluding carboxylic acids is 1. The maximum atomic E-state index is 13.6. The minimum absolute atomic E-state index is 0.0614. The van der Waals surface area contributed by atoms with Crippen molar-refractivity contribution < 1.29 is 13.6 Å². The summed E-state index contributed by atoms with van der Waals surface area (Å²) in [5, 5.41) is 2.69. The van der Waals surface area contributed by atoms with Crippen LogP contribution in [0.1, 0.15) is 12.2 Å². The van der Waals surface area contributed by atoms with E-state index in [4.69, 9.17) is 4.42 Å². The summed E-state index contributed by atoms with van der Waals surface area (Å²) >= 11 is 0. The molecule has 2 rings (SSSR count).